The molecule has 3 aromatic rings. The number of aromatic nitrogens is 3. The lowest BCUT2D eigenvalue weighted by molar-refractivity contribution is 0.466. The van der Waals surface area contributed by atoms with Crippen LogP contribution >= 0.6 is 11.6 Å². The third kappa shape index (κ3) is 5.04. The molecule has 0 bridgehead atoms. The molecule has 6 nitrogen and oxygen atoms in total. The predicted octanol–water partition coefficient (Wildman–Crippen LogP) is 4.33. The van der Waals surface area contributed by atoms with E-state index >= 15 is 0 Å². The molecular formula is C21H23ClN4O2S. The lowest BCUT2D eigenvalue weighted by atomic mass is 10.2. The molecule has 0 atom stereocenters. The first kappa shape index (κ1) is 20.1. The summed E-state index contributed by atoms with van der Waals surface area (Å²) in [7, 11) is -3.49. The Morgan fingerprint density at radius 2 is 1.86 bits per heavy atom. The lowest BCUT2D eigenvalue weighted by Crippen LogP contribution is -2.25. The maximum absolute atomic E-state index is 12.5. The Hall–Kier alpha value is -2.22. The van der Waals surface area contributed by atoms with Crippen LogP contribution in [0.2, 0.25) is 5.02 Å². The van der Waals surface area contributed by atoms with Crippen LogP contribution < -0.4 is 4.72 Å². The highest BCUT2D eigenvalue weighted by Crippen LogP contribution is 2.33. The highest BCUT2D eigenvalue weighted by molar-refractivity contribution is 7.88. The molecule has 0 saturated heterocycles. The summed E-state index contributed by atoms with van der Waals surface area (Å²) < 4.78 is 29.7. The van der Waals surface area contributed by atoms with Crippen molar-refractivity contribution in [3.8, 4) is 11.4 Å². The number of hydrogen-bond donors (Lipinski definition) is 1. The van der Waals surface area contributed by atoms with Crippen LogP contribution in [0.3, 0.4) is 0 Å². The average molecular weight is 431 g/mol. The maximum Gasteiger partial charge on any atom is 0.216 e. The number of nitrogens with one attached hydrogen (secondary N) is 1. The van der Waals surface area contributed by atoms with Gasteiger partial charge in [-0.3, -0.25) is 9.67 Å². The molecule has 152 valence electrons. The minimum atomic E-state index is -3.49. The fraction of sp³-hybridized carbons (Fsp3) is 0.333. The summed E-state index contributed by atoms with van der Waals surface area (Å²) in [5.41, 5.74) is 3.16. The highest BCUT2D eigenvalue weighted by atomic mass is 35.5. The predicted molar refractivity (Wildman–Crippen MR) is 114 cm³/mol. The summed E-state index contributed by atoms with van der Waals surface area (Å²) >= 11 is 5.86. The van der Waals surface area contributed by atoms with Crippen molar-refractivity contribution in [1.82, 2.24) is 19.5 Å². The Kier molecular flexibility index (Phi) is 5.99. The number of hydrogen-bond acceptors (Lipinski definition) is 4. The zero-order chi connectivity index (χ0) is 20.3. The van der Waals surface area contributed by atoms with E-state index in [1.54, 1.807) is 30.5 Å². The molecule has 2 heterocycles. The van der Waals surface area contributed by atoms with Gasteiger partial charge in [0.1, 0.15) is 0 Å². The van der Waals surface area contributed by atoms with E-state index in [4.69, 9.17) is 16.7 Å². The second kappa shape index (κ2) is 8.65. The molecule has 0 unspecified atom stereocenters. The van der Waals surface area contributed by atoms with Crippen molar-refractivity contribution in [2.75, 3.05) is 0 Å². The number of halogens is 1. The van der Waals surface area contributed by atoms with Crippen molar-refractivity contribution in [2.45, 2.75) is 44.0 Å². The minimum Gasteiger partial charge on any atom is -0.260 e. The Labute approximate surface area is 176 Å². The Morgan fingerprint density at radius 3 is 2.55 bits per heavy atom. The SMILES string of the molecule is O=S(=O)(Cc1ccc(Cl)cc1)NCc1cc(-c2ccccn2)n(C2CCCC2)n1. The largest absolute Gasteiger partial charge is 0.260 e. The van der Waals surface area contributed by atoms with E-state index in [-0.39, 0.29) is 12.3 Å². The molecule has 1 aliphatic rings. The first-order valence-corrected chi connectivity index (χ1v) is 11.7. The van der Waals surface area contributed by atoms with Gasteiger partial charge in [0.05, 0.1) is 35.4 Å². The Balaban J connectivity index is 1.52. The van der Waals surface area contributed by atoms with Gasteiger partial charge in [-0.15, -0.1) is 0 Å². The molecule has 29 heavy (non-hydrogen) atoms. The van der Waals surface area contributed by atoms with E-state index in [1.165, 1.54) is 12.8 Å². The number of benzene rings is 1. The summed E-state index contributed by atoms with van der Waals surface area (Å²) in [6.45, 7) is 0.148. The molecule has 1 N–H and O–H groups in total. The maximum atomic E-state index is 12.5. The van der Waals surface area contributed by atoms with Crippen LogP contribution in [0.1, 0.15) is 43.0 Å². The van der Waals surface area contributed by atoms with Crippen LogP contribution in [0.4, 0.5) is 0 Å². The molecule has 1 fully saturated rings. The molecule has 0 radical (unpaired) electrons. The van der Waals surface area contributed by atoms with Gasteiger partial charge in [0.2, 0.25) is 10.0 Å². The van der Waals surface area contributed by atoms with Crippen LogP contribution in [-0.4, -0.2) is 23.2 Å². The van der Waals surface area contributed by atoms with Crippen molar-refractivity contribution in [2.24, 2.45) is 0 Å². The first-order valence-electron chi connectivity index (χ1n) is 9.72. The zero-order valence-corrected chi connectivity index (χ0v) is 17.5. The van der Waals surface area contributed by atoms with E-state index in [0.717, 1.165) is 24.2 Å². The molecule has 1 aromatic carbocycles. The van der Waals surface area contributed by atoms with Crippen LogP contribution in [0.5, 0.6) is 0 Å². The smallest absolute Gasteiger partial charge is 0.216 e. The topological polar surface area (TPSA) is 76.9 Å². The molecule has 1 saturated carbocycles. The van der Waals surface area contributed by atoms with Crippen LogP contribution in [-0.2, 0) is 22.3 Å². The standard InChI is InChI=1S/C21H23ClN4O2S/c22-17-10-8-16(9-11-17)15-29(27,28)24-14-18-13-21(20-7-3-4-12-23-20)26(25-18)19-5-1-2-6-19/h3-4,7-13,19,24H,1-2,5-6,14-15H2. The fourth-order valence-corrected chi connectivity index (χ4v) is 4.93. The van der Waals surface area contributed by atoms with Gasteiger partial charge in [0.25, 0.3) is 0 Å². The second-order valence-electron chi connectivity index (χ2n) is 7.33. The van der Waals surface area contributed by atoms with Crippen molar-refractivity contribution < 1.29 is 8.42 Å². The molecule has 1 aliphatic carbocycles. The molecule has 8 heteroatoms. The van der Waals surface area contributed by atoms with E-state index in [9.17, 15) is 8.42 Å². The normalized spacial score (nSPS) is 15.1. The lowest BCUT2D eigenvalue weighted by Gasteiger charge is -2.13. The van der Waals surface area contributed by atoms with E-state index in [0.29, 0.717) is 22.3 Å². The van der Waals surface area contributed by atoms with Crippen LogP contribution in [0.15, 0.2) is 54.7 Å². The third-order valence-electron chi connectivity index (χ3n) is 5.13. The van der Waals surface area contributed by atoms with Gasteiger partial charge in [0, 0.05) is 11.2 Å². The highest BCUT2D eigenvalue weighted by Gasteiger charge is 2.23. The monoisotopic (exact) mass is 430 g/mol. The number of rotatable bonds is 7. The van der Waals surface area contributed by atoms with Crippen molar-refractivity contribution >= 4 is 21.6 Å². The molecule has 4 rings (SSSR count). The third-order valence-corrected chi connectivity index (χ3v) is 6.68. The Bertz CT molecular complexity index is 1060. The summed E-state index contributed by atoms with van der Waals surface area (Å²) in [5, 5.41) is 5.30. The number of sulfonamides is 1. The number of pyridine rings is 1. The van der Waals surface area contributed by atoms with Crippen molar-refractivity contribution in [3.05, 3.63) is 71.0 Å². The van der Waals surface area contributed by atoms with Gasteiger partial charge in [0.15, 0.2) is 0 Å². The van der Waals surface area contributed by atoms with Gasteiger partial charge < -0.3 is 0 Å². The summed E-state index contributed by atoms with van der Waals surface area (Å²) in [6, 6.07) is 14.9. The molecule has 0 aliphatic heterocycles. The number of nitrogens with zero attached hydrogens (tertiary/aromatic N) is 3. The summed E-state index contributed by atoms with van der Waals surface area (Å²) in [4.78, 5) is 4.46. The van der Waals surface area contributed by atoms with E-state index in [1.807, 2.05) is 28.9 Å². The van der Waals surface area contributed by atoms with Gasteiger partial charge >= 0.3 is 0 Å². The summed E-state index contributed by atoms with van der Waals surface area (Å²) in [5.74, 6) is -0.0966. The quantitative estimate of drug-likeness (QED) is 0.605. The van der Waals surface area contributed by atoms with E-state index in [2.05, 4.69) is 9.71 Å². The molecule has 0 amide bonds. The molecular weight excluding hydrogens is 408 g/mol. The Morgan fingerprint density at radius 1 is 1.10 bits per heavy atom. The summed E-state index contributed by atoms with van der Waals surface area (Å²) in [6.07, 6.45) is 6.31. The van der Waals surface area contributed by atoms with Gasteiger partial charge in [-0.2, -0.15) is 5.10 Å². The van der Waals surface area contributed by atoms with Crippen molar-refractivity contribution in [1.29, 1.82) is 0 Å². The van der Waals surface area contributed by atoms with Gasteiger partial charge in [-0.1, -0.05) is 42.6 Å². The van der Waals surface area contributed by atoms with Gasteiger partial charge in [-0.05, 0) is 48.7 Å². The fourth-order valence-electron chi connectivity index (χ4n) is 3.70. The second-order valence-corrected chi connectivity index (χ2v) is 9.57. The first-order chi connectivity index (χ1) is 14.0. The van der Waals surface area contributed by atoms with Crippen LogP contribution in [0, 0.1) is 0 Å². The average Bonchev–Trinajstić information content (AvgIpc) is 3.38. The molecule has 0 spiro atoms. The van der Waals surface area contributed by atoms with Crippen LogP contribution in [0.25, 0.3) is 11.4 Å². The van der Waals surface area contributed by atoms with Gasteiger partial charge in [-0.25, -0.2) is 13.1 Å². The van der Waals surface area contributed by atoms with E-state index < -0.39 is 10.0 Å². The zero-order valence-electron chi connectivity index (χ0n) is 16.0. The van der Waals surface area contributed by atoms with Crippen molar-refractivity contribution in [3.63, 3.8) is 0 Å². The minimum absolute atomic E-state index is 0.0966. The molecule has 2 aromatic heterocycles.